The van der Waals surface area contributed by atoms with E-state index >= 15 is 0 Å². The van der Waals surface area contributed by atoms with Crippen LogP contribution < -0.4 is 19.7 Å². The Morgan fingerprint density at radius 3 is 2.57 bits per heavy atom. The number of nitrogens with zero attached hydrogens (tertiary/aromatic N) is 2. The maximum atomic E-state index is 13.2. The van der Waals surface area contributed by atoms with E-state index in [1.54, 1.807) is 18.2 Å². The summed E-state index contributed by atoms with van der Waals surface area (Å²) >= 11 is 8.24. The number of hydrogen-bond donors (Lipinski definition) is 1. The second-order valence-corrected chi connectivity index (χ2v) is 9.22. The summed E-state index contributed by atoms with van der Waals surface area (Å²) in [6.45, 7) is 0.188. The number of nitrogens with one attached hydrogen (secondary N) is 1. The van der Waals surface area contributed by atoms with Gasteiger partial charge in [-0.1, -0.05) is 35.9 Å². The molecule has 1 saturated heterocycles. The van der Waals surface area contributed by atoms with Crippen LogP contribution in [0.25, 0.3) is 6.08 Å². The summed E-state index contributed by atoms with van der Waals surface area (Å²) in [5, 5.41) is 13.8. The fourth-order valence-corrected chi connectivity index (χ4v) is 4.50. The Morgan fingerprint density at radius 1 is 1.11 bits per heavy atom. The van der Waals surface area contributed by atoms with Gasteiger partial charge in [0, 0.05) is 22.7 Å². The van der Waals surface area contributed by atoms with Crippen LogP contribution in [-0.2, 0) is 16.2 Å². The molecule has 3 aromatic rings. The van der Waals surface area contributed by atoms with Gasteiger partial charge in [0.2, 0.25) is 0 Å². The molecule has 0 saturated carbocycles. The maximum absolute atomic E-state index is 13.2. The molecular weight excluding hydrogens is 617 g/mol. The molecule has 0 aromatic heterocycles. The van der Waals surface area contributed by atoms with Crippen LogP contribution in [-0.4, -0.2) is 29.9 Å². The zero-order valence-corrected chi connectivity index (χ0v) is 22.0. The molecule has 0 unspecified atom stereocenters. The number of rotatable bonds is 7. The molecule has 1 heterocycles. The Labute approximate surface area is 229 Å². The Hall–Kier alpha value is -3.97. The minimum absolute atomic E-state index is 0.0504. The van der Waals surface area contributed by atoms with Gasteiger partial charge in [0.05, 0.1) is 21.3 Å². The lowest BCUT2D eigenvalue weighted by atomic mass is 10.1. The maximum Gasteiger partial charge on any atom is 0.335 e. The number of carbonyl (C=O) groups is 3. The standard InChI is InChI=1S/C25H17ClIN3O7/c1-36-21-11-14(10-20(27)22(21)37-13-15-5-2-3-8-19(15)26)9-18-23(31)28-25(33)29(24(18)32)16-6-4-7-17(12-16)30(34)35/h2-12H,13H2,1H3,(H,28,31,33)/b18-9+. The summed E-state index contributed by atoms with van der Waals surface area (Å²) < 4.78 is 12.0. The highest BCUT2D eigenvalue weighted by Gasteiger charge is 2.37. The molecule has 0 atom stereocenters. The van der Waals surface area contributed by atoms with Crippen LogP contribution in [0.1, 0.15) is 11.1 Å². The first kappa shape index (κ1) is 26.1. The molecule has 10 nitrogen and oxygen atoms in total. The van der Waals surface area contributed by atoms with Crippen LogP contribution in [0.2, 0.25) is 5.02 Å². The number of benzene rings is 3. The quantitative estimate of drug-likeness (QED) is 0.126. The SMILES string of the molecule is COc1cc(/C=C2\C(=O)NC(=O)N(c3cccc([N+](=O)[O-])c3)C2=O)cc(I)c1OCc1ccccc1Cl. The van der Waals surface area contributed by atoms with Gasteiger partial charge in [-0.25, -0.2) is 9.69 Å². The number of ether oxygens (including phenoxy) is 2. The Bertz CT molecular complexity index is 1470. The number of urea groups is 1. The van der Waals surface area contributed by atoms with Gasteiger partial charge in [-0.3, -0.25) is 25.0 Å². The van der Waals surface area contributed by atoms with Crippen LogP contribution >= 0.6 is 34.2 Å². The molecule has 1 aliphatic heterocycles. The van der Waals surface area contributed by atoms with Crippen molar-refractivity contribution in [3.8, 4) is 11.5 Å². The van der Waals surface area contributed by atoms with Crippen molar-refractivity contribution in [1.29, 1.82) is 0 Å². The number of nitro benzene ring substituents is 1. The molecule has 4 amide bonds. The second-order valence-electron chi connectivity index (χ2n) is 7.65. The minimum Gasteiger partial charge on any atom is -0.493 e. The molecule has 37 heavy (non-hydrogen) atoms. The molecule has 0 bridgehead atoms. The van der Waals surface area contributed by atoms with Gasteiger partial charge in [-0.2, -0.15) is 0 Å². The first-order valence-electron chi connectivity index (χ1n) is 10.6. The fourth-order valence-electron chi connectivity index (χ4n) is 3.53. The van der Waals surface area contributed by atoms with E-state index in [0.717, 1.165) is 11.6 Å². The summed E-state index contributed by atoms with van der Waals surface area (Å²) in [6.07, 6.45) is 1.30. The average Bonchev–Trinajstić information content (AvgIpc) is 2.86. The van der Waals surface area contributed by atoms with Crippen molar-refractivity contribution >= 4 is 69.5 Å². The highest BCUT2D eigenvalue weighted by molar-refractivity contribution is 14.1. The second kappa shape index (κ2) is 11.0. The average molecular weight is 634 g/mol. The number of imide groups is 2. The van der Waals surface area contributed by atoms with Gasteiger partial charge in [0.1, 0.15) is 12.2 Å². The molecule has 3 aromatic carbocycles. The smallest absolute Gasteiger partial charge is 0.335 e. The predicted molar refractivity (Wildman–Crippen MR) is 144 cm³/mol. The largest absolute Gasteiger partial charge is 0.493 e. The van der Waals surface area contributed by atoms with Crippen LogP contribution in [0.5, 0.6) is 11.5 Å². The predicted octanol–water partition coefficient (Wildman–Crippen LogP) is 5.11. The monoisotopic (exact) mass is 633 g/mol. The lowest BCUT2D eigenvalue weighted by Crippen LogP contribution is -2.54. The van der Waals surface area contributed by atoms with E-state index < -0.39 is 22.8 Å². The highest BCUT2D eigenvalue weighted by Crippen LogP contribution is 2.36. The number of halogens is 2. The van der Waals surface area contributed by atoms with Crippen LogP contribution in [0.4, 0.5) is 16.2 Å². The highest BCUT2D eigenvalue weighted by atomic mass is 127. The van der Waals surface area contributed by atoms with E-state index in [0.29, 0.717) is 30.6 Å². The van der Waals surface area contributed by atoms with E-state index in [4.69, 9.17) is 21.1 Å². The first-order valence-corrected chi connectivity index (χ1v) is 12.0. The van der Waals surface area contributed by atoms with Crippen molar-refractivity contribution in [3.63, 3.8) is 0 Å². The molecule has 1 N–H and O–H groups in total. The third-order valence-corrected chi connectivity index (χ3v) is 6.46. The van der Waals surface area contributed by atoms with Gasteiger partial charge in [0.25, 0.3) is 17.5 Å². The number of hydrogen-bond acceptors (Lipinski definition) is 7. The summed E-state index contributed by atoms with van der Waals surface area (Å²) in [5.41, 5.74) is 0.508. The lowest BCUT2D eigenvalue weighted by molar-refractivity contribution is -0.384. The van der Waals surface area contributed by atoms with Gasteiger partial charge < -0.3 is 9.47 Å². The van der Waals surface area contributed by atoms with Crippen molar-refractivity contribution in [3.05, 3.63) is 96.1 Å². The molecule has 0 aliphatic carbocycles. The van der Waals surface area contributed by atoms with E-state index in [2.05, 4.69) is 5.32 Å². The number of barbiturate groups is 1. The first-order chi connectivity index (χ1) is 17.7. The molecule has 0 radical (unpaired) electrons. The molecular formula is C25H17ClIN3O7. The minimum atomic E-state index is -1.01. The van der Waals surface area contributed by atoms with Gasteiger partial charge in [0.15, 0.2) is 11.5 Å². The number of anilines is 1. The summed E-state index contributed by atoms with van der Waals surface area (Å²) in [7, 11) is 1.45. The molecule has 1 aliphatic rings. The number of carbonyl (C=O) groups excluding carboxylic acids is 3. The zero-order valence-electron chi connectivity index (χ0n) is 19.1. The third-order valence-electron chi connectivity index (χ3n) is 5.29. The fraction of sp³-hybridized carbons (Fsp3) is 0.0800. The Morgan fingerprint density at radius 2 is 1.86 bits per heavy atom. The molecule has 1 fully saturated rings. The third kappa shape index (κ3) is 5.57. The number of amides is 4. The summed E-state index contributed by atoms with van der Waals surface area (Å²) in [5.74, 6) is -1.04. The van der Waals surface area contributed by atoms with Gasteiger partial charge in [-0.05, 0) is 58.5 Å². The van der Waals surface area contributed by atoms with Crippen molar-refractivity contribution in [2.75, 3.05) is 12.0 Å². The Kier molecular flexibility index (Phi) is 7.74. The van der Waals surface area contributed by atoms with Crippen molar-refractivity contribution < 1.29 is 28.8 Å². The van der Waals surface area contributed by atoms with Crippen LogP contribution in [0.3, 0.4) is 0 Å². The van der Waals surface area contributed by atoms with E-state index in [9.17, 15) is 24.5 Å². The lowest BCUT2D eigenvalue weighted by Gasteiger charge is -2.26. The topological polar surface area (TPSA) is 128 Å². The van der Waals surface area contributed by atoms with Crippen molar-refractivity contribution in [2.24, 2.45) is 0 Å². The molecule has 188 valence electrons. The molecule has 4 rings (SSSR count). The van der Waals surface area contributed by atoms with Gasteiger partial charge >= 0.3 is 6.03 Å². The van der Waals surface area contributed by atoms with E-state index in [-0.39, 0.29) is 23.6 Å². The van der Waals surface area contributed by atoms with E-state index in [1.165, 1.54) is 31.4 Å². The van der Waals surface area contributed by atoms with Crippen LogP contribution in [0, 0.1) is 13.7 Å². The number of nitro groups is 1. The number of methoxy groups -OCH3 is 1. The molecule has 12 heteroatoms. The van der Waals surface area contributed by atoms with Gasteiger partial charge in [-0.15, -0.1) is 0 Å². The summed E-state index contributed by atoms with van der Waals surface area (Å²) in [6, 6.07) is 14.5. The zero-order chi connectivity index (χ0) is 26.7. The molecule has 0 spiro atoms. The van der Waals surface area contributed by atoms with Crippen LogP contribution in [0.15, 0.2) is 66.2 Å². The van der Waals surface area contributed by atoms with Crippen molar-refractivity contribution in [1.82, 2.24) is 5.32 Å². The Balaban J connectivity index is 1.66. The normalized spacial score (nSPS) is 14.5. The van der Waals surface area contributed by atoms with Crippen molar-refractivity contribution in [2.45, 2.75) is 6.61 Å². The van der Waals surface area contributed by atoms with E-state index in [1.807, 2.05) is 40.8 Å². The summed E-state index contributed by atoms with van der Waals surface area (Å²) in [4.78, 5) is 49.3. The number of non-ortho nitro benzene ring substituents is 1.